The summed E-state index contributed by atoms with van der Waals surface area (Å²) >= 11 is 0. The Hall–Kier alpha value is -2.68. The Balaban J connectivity index is 2.08. The Kier molecular flexibility index (Phi) is 4.67. The molecule has 0 bridgehead atoms. The summed E-state index contributed by atoms with van der Waals surface area (Å²) in [6.45, 7) is 1.98. The molecule has 106 valence electrons. The molecule has 0 unspecified atom stereocenters. The third kappa shape index (κ3) is 3.89. The van der Waals surface area contributed by atoms with Gasteiger partial charge in [-0.05, 0) is 30.7 Å². The molecule has 0 saturated heterocycles. The molecule has 0 fully saturated rings. The van der Waals surface area contributed by atoms with Gasteiger partial charge in [-0.25, -0.2) is 0 Å². The normalized spacial score (nSPS) is 10.6. The van der Waals surface area contributed by atoms with Crippen LogP contribution in [0.25, 0.3) is 6.08 Å². The fourth-order valence-corrected chi connectivity index (χ4v) is 1.88. The highest BCUT2D eigenvalue weighted by atomic mass is 16.1. The number of allylic oxidation sites excluding steroid dienone is 1. The molecule has 0 aliphatic carbocycles. The van der Waals surface area contributed by atoms with Crippen molar-refractivity contribution >= 4 is 17.8 Å². The van der Waals surface area contributed by atoms with E-state index in [9.17, 15) is 9.59 Å². The lowest BCUT2D eigenvalue weighted by molar-refractivity contribution is 0.0962. The molecule has 0 radical (unpaired) electrons. The van der Waals surface area contributed by atoms with Gasteiger partial charge in [0.15, 0.2) is 5.78 Å². The zero-order valence-electron chi connectivity index (χ0n) is 12.1. The summed E-state index contributed by atoms with van der Waals surface area (Å²) < 4.78 is 0. The maximum absolute atomic E-state index is 12.0. The van der Waals surface area contributed by atoms with E-state index in [1.165, 1.54) is 0 Å². The number of ketones is 1. The largest absolute Gasteiger partial charge is 0.355 e. The van der Waals surface area contributed by atoms with E-state index in [2.05, 4.69) is 5.32 Å². The van der Waals surface area contributed by atoms with E-state index in [-0.39, 0.29) is 11.7 Å². The molecule has 0 heterocycles. The predicted molar refractivity (Wildman–Crippen MR) is 84.4 cm³/mol. The van der Waals surface area contributed by atoms with Crippen molar-refractivity contribution < 1.29 is 9.59 Å². The number of carbonyl (C=O) groups excluding carboxylic acids is 2. The van der Waals surface area contributed by atoms with Crippen LogP contribution in [0.5, 0.6) is 0 Å². The first-order valence-corrected chi connectivity index (χ1v) is 6.71. The lowest BCUT2D eigenvalue weighted by atomic mass is 10.1. The van der Waals surface area contributed by atoms with E-state index in [0.717, 1.165) is 11.1 Å². The van der Waals surface area contributed by atoms with Crippen molar-refractivity contribution in [1.29, 1.82) is 0 Å². The van der Waals surface area contributed by atoms with Crippen LogP contribution in [0.4, 0.5) is 0 Å². The molecule has 0 atom stereocenters. The Morgan fingerprint density at radius 1 is 0.905 bits per heavy atom. The average Bonchev–Trinajstić information content (AvgIpc) is 2.53. The molecule has 0 aliphatic heterocycles. The lowest BCUT2D eigenvalue weighted by Gasteiger charge is -2.00. The van der Waals surface area contributed by atoms with Crippen LogP contribution in [0.3, 0.4) is 0 Å². The van der Waals surface area contributed by atoms with Crippen LogP contribution in [-0.4, -0.2) is 18.7 Å². The Labute approximate surface area is 124 Å². The summed E-state index contributed by atoms with van der Waals surface area (Å²) in [5, 5.41) is 2.57. The first-order chi connectivity index (χ1) is 10.1. The van der Waals surface area contributed by atoms with Gasteiger partial charge >= 0.3 is 0 Å². The number of benzene rings is 2. The number of carbonyl (C=O) groups is 2. The molecular formula is C18H17NO2. The highest BCUT2D eigenvalue weighted by Crippen LogP contribution is 2.09. The maximum Gasteiger partial charge on any atom is 0.251 e. The number of rotatable bonds is 4. The third-order valence-corrected chi connectivity index (χ3v) is 3.16. The van der Waals surface area contributed by atoms with Gasteiger partial charge in [0, 0.05) is 18.2 Å². The fraction of sp³-hybridized carbons (Fsp3) is 0.111. The van der Waals surface area contributed by atoms with Gasteiger partial charge in [-0.3, -0.25) is 9.59 Å². The van der Waals surface area contributed by atoms with Crippen molar-refractivity contribution in [3.63, 3.8) is 0 Å². The van der Waals surface area contributed by atoms with Crippen LogP contribution in [-0.2, 0) is 0 Å². The standard InChI is InChI=1S/C18H17NO2/c1-13-3-8-15(9-4-13)17(20)12-7-14-5-10-16(11-6-14)18(21)19-2/h3-12H,1-2H3,(H,19,21)/b12-7+. The molecule has 2 rings (SSSR count). The van der Waals surface area contributed by atoms with Crippen molar-refractivity contribution in [1.82, 2.24) is 5.32 Å². The average molecular weight is 279 g/mol. The third-order valence-electron chi connectivity index (χ3n) is 3.16. The molecule has 1 amide bonds. The van der Waals surface area contributed by atoms with Crippen molar-refractivity contribution in [2.45, 2.75) is 6.92 Å². The number of aryl methyl sites for hydroxylation is 1. The molecule has 3 nitrogen and oxygen atoms in total. The molecule has 21 heavy (non-hydrogen) atoms. The molecule has 0 aliphatic rings. The second kappa shape index (κ2) is 6.66. The first-order valence-electron chi connectivity index (χ1n) is 6.71. The van der Waals surface area contributed by atoms with Crippen LogP contribution in [0.1, 0.15) is 31.8 Å². The zero-order chi connectivity index (χ0) is 15.2. The summed E-state index contributed by atoms with van der Waals surface area (Å²) in [6, 6.07) is 14.5. The highest BCUT2D eigenvalue weighted by Gasteiger charge is 2.02. The van der Waals surface area contributed by atoms with Crippen LogP contribution in [0.15, 0.2) is 54.6 Å². The monoisotopic (exact) mass is 279 g/mol. The van der Waals surface area contributed by atoms with Crippen molar-refractivity contribution in [2.75, 3.05) is 7.05 Å². The minimum atomic E-state index is -0.124. The fourth-order valence-electron chi connectivity index (χ4n) is 1.88. The quantitative estimate of drug-likeness (QED) is 0.689. The Bertz CT molecular complexity index is 667. The van der Waals surface area contributed by atoms with Gasteiger partial charge in [-0.1, -0.05) is 48.0 Å². The van der Waals surface area contributed by atoms with Gasteiger partial charge in [0.1, 0.15) is 0 Å². The van der Waals surface area contributed by atoms with Gasteiger partial charge in [0.25, 0.3) is 5.91 Å². The molecule has 3 heteroatoms. The van der Waals surface area contributed by atoms with Crippen molar-refractivity contribution in [3.8, 4) is 0 Å². The summed E-state index contributed by atoms with van der Waals surface area (Å²) in [5.74, 6) is -0.161. The van der Waals surface area contributed by atoms with E-state index in [4.69, 9.17) is 0 Å². The van der Waals surface area contributed by atoms with E-state index in [0.29, 0.717) is 11.1 Å². The van der Waals surface area contributed by atoms with Gasteiger partial charge in [-0.15, -0.1) is 0 Å². The summed E-state index contributed by atoms with van der Waals surface area (Å²) in [6.07, 6.45) is 3.29. The van der Waals surface area contributed by atoms with Crippen LogP contribution in [0, 0.1) is 6.92 Å². The minimum Gasteiger partial charge on any atom is -0.355 e. The van der Waals surface area contributed by atoms with Crippen LogP contribution >= 0.6 is 0 Å². The topological polar surface area (TPSA) is 46.2 Å². The van der Waals surface area contributed by atoms with E-state index in [1.54, 1.807) is 31.3 Å². The molecular weight excluding hydrogens is 262 g/mol. The Morgan fingerprint density at radius 2 is 1.48 bits per heavy atom. The zero-order valence-corrected chi connectivity index (χ0v) is 12.1. The Morgan fingerprint density at radius 3 is 2.05 bits per heavy atom. The molecule has 1 N–H and O–H groups in total. The van der Waals surface area contributed by atoms with E-state index in [1.807, 2.05) is 43.3 Å². The highest BCUT2D eigenvalue weighted by molar-refractivity contribution is 6.06. The van der Waals surface area contributed by atoms with Gasteiger partial charge in [-0.2, -0.15) is 0 Å². The number of hydrogen-bond donors (Lipinski definition) is 1. The molecule has 2 aromatic carbocycles. The molecule has 0 aromatic heterocycles. The molecule has 2 aromatic rings. The molecule has 0 saturated carbocycles. The number of amides is 1. The van der Waals surface area contributed by atoms with Gasteiger partial charge in [0.05, 0.1) is 0 Å². The van der Waals surface area contributed by atoms with Crippen molar-refractivity contribution in [2.24, 2.45) is 0 Å². The van der Waals surface area contributed by atoms with E-state index >= 15 is 0 Å². The smallest absolute Gasteiger partial charge is 0.251 e. The second-order valence-electron chi connectivity index (χ2n) is 4.76. The lowest BCUT2D eigenvalue weighted by Crippen LogP contribution is -2.17. The summed E-state index contributed by atoms with van der Waals surface area (Å²) in [5.41, 5.74) is 3.27. The summed E-state index contributed by atoms with van der Waals surface area (Å²) in [7, 11) is 1.59. The van der Waals surface area contributed by atoms with Crippen LogP contribution in [0.2, 0.25) is 0 Å². The molecule has 0 spiro atoms. The van der Waals surface area contributed by atoms with Gasteiger partial charge in [0.2, 0.25) is 0 Å². The van der Waals surface area contributed by atoms with Crippen LogP contribution < -0.4 is 5.32 Å². The SMILES string of the molecule is CNC(=O)c1ccc(/C=C/C(=O)c2ccc(C)cc2)cc1. The predicted octanol–water partition coefficient (Wildman–Crippen LogP) is 3.25. The van der Waals surface area contributed by atoms with Crippen molar-refractivity contribution in [3.05, 3.63) is 76.9 Å². The summed E-state index contributed by atoms with van der Waals surface area (Å²) in [4.78, 5) is 23.4. The number of nitrogens with one attached hydrogen (secondary N) is 1. The maximum atomic E-state index is 12.0. The van der Waals surface area contributed by atoms with Gasteiger partial charge < -0.3 is 5.32 Å². The second-order valence-corrected chi connectivity index (χ2v) is 4.76. The first kappa shape index (κ1) is 14.7. The number of hydrogen-bond acceptors (Lipinski definition) is 2. The van der Waals surface area contributed by atoms with E-state index < -0.39 is 0 Å². The minimum absolute atomic E-state index is 0.0367.